The Bertz CT molecular complexity index is 391. The molecule has 0 saturated carbocycles. The van der Waals surface area contributed by atoms with Crippen LogP contribution in [0.15, 0.2) is 28.7 Å². The van der Waals surface area contributed by atoms with Crippen LogP contribution in [-0.4, -0.2) is 25.5 Å². The number of hydrogen-bond acceptors (Lipinski definition) is 2. The number of ether oxygens (including phenoxy) is 2. The second-order valence-electron chi connectivity index (χ2n) is 3.77. The molecule has 0 radical (unpaired) electrons. The highest BCUT2D eigenvalue weighted by atomic mass is 79.9. The molecule has 17 heavy (non-hydrogen) atoms. The van der Waals surface area contributed by atoms with Gasteiger partial charge in [0.05, 0.1) is 13.2 Å². The molecule has 2 atom stereocenters. The molecule has 2 rings (SSSR count). The summed E-state index contributed by atoms with van der Waals surface area (Å²) in [5.41, 5.74) is 0.0903. The lowest BCUT2D eigenvalue weighted by atomic mass is 10.1. The van der Waals surface area contributed by atoms with Crippen molar-refractivity contribution in [3.8, 4) is 0 Å². The van der Waals surface area contributed by atoms with Crippen LogP contribution in [0.4, 0.5) is 13.2 Å². The standard InChI is InChI=1S/C11H10BrF3O2/c12-8-3-1-2-7(4-8)10(11(13,14)15)17-6-9-5-16-9/h1-4,9-10H,5-6H2. The average molecular weight is 311 g/mol. The van der Waals surface area contributed by atoms with Crippen molar-refractivity contribution in [2.75, 3.05) is 13.2 Å². The summed E-state index contributed by atoms with van der Waals surface area (Å²) in [5.74, 6) is 0. The van der Waals surface area contributed by atoms with Crippen LogP contribution < -0.4 is 0 Å². The molecule has 1 aliphatic heterocycles. The SMILES string of the molecule is FC(F)(F)C(OCC1CO1)c1cccc(Br)c1. The third-order valence-corrected chi connectivity index (χ3v) is 2.79. The summed E-state index contributed by atoms with van der Waals surface area (Å²) in [6.45, 7) is 0.444. The Morgan fingerprint density at radius 3 is 2.71 bits per heavy atom. The van der Waals surface area contributed by atoms with Crippen LogP contribution in [0, 0.1) is 0 Å². The second kappa shape index (κ2) is 4.96. The van der Waals surface area contributed by atoms with Gasteiger partial charge in [-0.25, -0.2) is 0 Å². The highest BCUT2D eigenvalue weighted by molar-refractivity contribution is 9.10. The van der Waals surface area contributed by atoms with E-state index in [4.69, 9.17) is 9.47 Å². The number of hydrogen-bond donors (Lipinski definition) is 0. The van der Waals surface area contributed by atoms with Gasteiger partial charge in [-0.1, -0.05) is 28.1 Å². The quantitative estimate of drug-likeness (QED) is 0.794. The fourth-order valence-corrected chi connectivity index (χ4v) is 1.83. The first kappa shape index (κ1) is 12.9. The molecule has 0 aliphatic carbocycles. The molecule has 1 aromatic carbocycles. The van der Waals surface area contributed by atoms with Crippen LogP contribution in [0.5, 0.6) is 0 Å². The Hall–Kier alpha value is -0.590. The Balaban J connectivity index is 2.13. The minimum Gasteiger partial charge on any atom is -0.371 e. The van der Waals surface area contributed by atoms with Gasteiger partial charge in [0.2, 0.25) is 0 Å². The Labute approximate surface area is 105 Å². The van der Waals surface area contributed by atoms with Crippen molar-refractivity contribution in [3.05, 3.63) is 34.3 Å². The minimum absolute atomic E-state index is 0.0311. The van der Waals surface area contributed by atoms with E-state index in [1.807, 2.05) is 0 Å². The maximum Gasteiger partial charge on any atom is 0.418 e. The largest absolute Gasteiger partial charge is 0.418 e. The molecule has 1 fully saturated rings. The van der Waals surface area contributed by atoms with Gasteiger partial charge in [-0.2, -0.15) is 13.2 Å². The molecule has 2 unspecified atom stereocenters. The second-order valence-corrected chi connectivity index (χ2v) is 4.68. The van der Waals surface area contributed by atoms with Gasteiger partial charge in [0.1, 0.15) is 6.10 Å². The third kappa shape index (κ3) is 3.69. The molecule has 1 aromatic rings. The van der Waals surface area contributed by atoms with E-state index in [9.17, 15) is 13.2 Å². The zero-order valence-electron chi connectivity index (χ0n) is 8.71. The van der Waals surface area contributed by atoms with Gasteiger partial charge in [-0.15, -0.1) is 0 Å². The summed E-state index contributed by atoms with van der Waals surface area (Å²) in [5, 5.41) is 0. The molecule has 0 spiro atoms. The van der Waals surface area contributed by atoms with Crippen molar-refractivity contribution in [2.24, 2.45) is 0 Å². The molecule has 1 heterocycles. The van der Waals surface area contributed by atoms with E-state index in [2.05, 4.69) is 15.9 Å². The van der Waals surface area contributed by atoms with E-state index < -0.39 is 12.3 Å². The predicted octanol–water partition coefficient (Wildman–Crippen LogP) is 3.47. The van der Waals surface area contributed by atoms with E-state index in [1.54, 1.807) is 12.1 Å². The van der Waals surface area contributed by atoms with Crippen LogP contribution in [0.2, 0.25) is 0 Å². The normalized spacial score (nSPS) is 21.3. The zero-order valence-corrected chi connectivity index (χ0v) is 10.3. The number of halogens is 4. The van der Waals surface area contributed by atoms with Crippen molar-refractivity contribution in [3.63, 3.8) is 0 Å². The van der Waals surface area contributed by atoms with Gasteiger partial charge in [-0.3, -0.25) is 0 Å². The minimum atomic E-state index is -4.42. The van der Waals surface area contributed by atoms with Crippen LogP contribution >= 0.6 is 15.9 Å². The fraction of sp³-hybridized carbons (Fsp3) is 0.455. The van der Waals surface area contributed by atoms with Crippen molar-refractivity contribution < 1.29 is 22.6 Å². The van der Waals surface area contributed by atoms with Gasteiger partial charge in [0.25, 0.3) is 0 Å². The summed E-state index contributed by atoms with van der Waals surface area (Å²) in [7, 11) is 0. The lowest BCUT2D eigenvalue weighted by molar-refractivity contribution is -0.224. The number of alkyl halides is 3. The molecule has 1 saturated heterocycles. The van der Waals surface area contributed by atoms with E-state index >= 15 is 0 Å². The van der Waals surface area contributed by atoms with E-state index in [-0.39, 0.29) is 18.3 Å². The molecule has 1 aliphatic rings. The summed E-state index contributed by atoms with van der Waals surface area (Å²) >= 11 is 3.14. The zero-order chi connectivity index (χ0) is 12.5. The highest BCUT2D eigenvalue weighted by Crippen LogP contribution is 2.37. The molecule has 6 heteroatoms. The molecule has 0 N–H and O–H groups in total. The molecular weight excluding hydrogens is 301 g/mol. The lowest BCUT2D eigenvalue weighted by Crippen LogP contribution is -2.25. The smallest absolute Gasteiger partial charge is 0.371 e. The molecule has 0 amide bonds. The summed E-state index contributed by atoms with van der Waals surface area (Å²) in [6.07, 6.45) is -6.51. The van der Waals surface area contributed by atoms with E-state index in [0.29, 0.717) is 11.1 Å². The Morgan fingerprint density at radius 2 is 2.18 bits per heavy atom. The maximum absolute atomic E-state index is 12.8. The number of benzene rings is 1. The van der Waals surface area contributed by atoms with Crippen LogP contribution in [-0.2, 0) is 9.47 Å². The average Bonchev–Trinajstić information content (AvgIpc) is 3.00. The van der Waals surface area contributed by atoms with Gasteiger partial charge in [0, 0.05) is 4.47 Å². The molecular formula is C11H10BrF3O2. The fourth-order valence-electron chi connectivity index (χ4n) is 1.42. The van der Waals surface area contributed by atoms with Gasteiger partial charge in [0.15, 0.2) is 6.10 Å². The van der Waals surface area contributed by atoms with Crippen LogP contribution in [0.25, 0.3) is 0 Å². The van der Waals surface area contributed by atoms with Gasteiger partial charge < -0.3 is 9.47 Å². The summed E-state index contributed by atoms with van der Waals surface area (Å²) in [4.78, 5) is 0. The van der Waals surface area contributed by atoms with E-state index in [0.717, 1.165) is 0 Å². The third-order valence-electron chi connectivity index (χ3n) is 2.30. The Morgan fingerprint density at radius 1 is 1.47 bits per heavy atom. The summed E-state index contributed by atoms with van der Waals surface area (Å²) in [6, 6.07) is 6.03. The van der Waals surface area contributed by atoms with Crippen LogP contribution in [0.3, 0.4) is 0 Å². The van der Waals surface area contributed by atoms with E-state index in [1.165, 1.54) is 12.1 Å². The number of rotatable bonds is 4. The first-order chi connectivity index (χ1) is 7.97. The van der Waals surface area contributed by atoms with Crippen molar-refractivity contribution in [1.82, 2.24) is 0 Å². The molecule has 0 aromatic heterocycles. The lowest BCUT2D eigenvalue weighted by Gasteiger charge is -2.21. The molecule has 94 valence electrons. The monoisotopic (exact) mass is 310 g/mol. The Kier molecular flexibility index (Phi) is 3.75. The topological polar surface area (TPSA) is 21.8 Å². The van der Waals surface area contributed by atoms with Gasteiger partial charge >= 0.3 is 6.18 Å². The maximum atomic E-state index is 12.8. The molecule has 2 nitrogen and oxygen atoms in total. The summed E-state index contributed by atoms with van der Waals surface area (Å²) < 4.78 is 48.8. The predicted molar refractivity (Wildman–Crippen MR) is 58.6 cm³/mol. The van der Waals surface area contributed by atoms with Gasteiger partial charge in [-0.05, 0) is 17.7 Å². The first-order valence-corrected chi connectivity index (χ1v) is 5.81. The molecule has 0 bridgehead atoms. The van der Waals surface area contributed by atoms with Crippen LogP contribution in [0.1, 0.15) is 11.7 Å². The van der Waals surface area contributed by atoms with Crippen molar-refractivity contribution >= 4 is 15.9 Å². The first-order valence-electron chi connectivity index (χ1n) is 5.02. The highest BCUT2D eigenvalue weighted by Gasteiger charge is 2.43. The van der Waals surface area contributed by atoms with Crippen molar-refractivity contribution in [2.45, 2.75) is 18.4 Å². The van der Waals surface area contributed by atoms with Crippen molar-refractivity contribution in [1.29, 1.82) is 0 Å². The number of epoxide rings is 1.